The normalized spacial score (nSPS) is 17.4. The Morgan fingerprint density at radius 1 is 1.29 bits per heavy atom. The minimum Gasteiger partial charge on any atom is -0.481 e. The lowest BCUT2D eigenvalue weighted by Crippen LogP contribution is -2.24. The lowest BCUT2D eigenvalue weighted by molar-refractivity contribution is -0.139. The Labute approximate surface area is 124 Å². The molecule has 0 unspecified atom stereocenters. The summed E-state index contributed by atoms with van der Waals surface area (Å²) < 4.78 is 0. The lowest BCUT2D eigenvalue weighted by Gasteiger charge is -2.25. The first-order valence-corrected chi connectivity index (χ1v) is 7.65. The van der Waals surface area contributed by atoms with Gasteiger partial charge in [0.2, 0.25) is 0 Å². The molecule has 2 aromatic rings. The maximum absolute atomic E-state index is 11.2. The van der Waals surface area contributed by atoms with E-state index in [0.29, 0.717) is 0 Å². The summed E-state index contributed by atoms with van der Waals surface area (Å²) in [6.45, 7) is 4.18. The fraction of sp³-hybridized carbons (Fsp3) is 0.529. The Balaban J connectivity index is 1.91. The standard InChI is InChI=1S/C17H22N2O2/c1-11-7-13-14(8-12(11)2)19-15(18-13)9-17(10-16(20)21)5-3-4-6-17/h7-8H,3-6,9-10H2,1-2H3,(H,18,19)(H,20,21). The van der Waals surface area contributed by atoms with E-state index in [9.17, 15) is 9.90 Å². The minimum atomic E-state index is -0.695. The number of nitrogens with zero attached hydrogens (tertiary/aromatic N) is 1. The van der Waals surface area contributed by atoms with Crippen LogP contribution >= 0.6 is 0 Å². The SMILES string of the molecule is Cc1cc2nc(CC3(CC(=O)O)CCCC3)[nH]c2cc1C. The molecule has 0 amide bonds. The molecular weight excluding hydrogens is 264 g/mol. The van der Waals surface area contributed by atoms with Gasteiger partial charge in [-0.25, -0.2) is 4.98 Å². The van der Waals surface area contributed by atoms with E-state index in [1.807, 2.05) is 0 Å². The van der Waals surface area contributed by atoms with Crippen LogP contribution in [0, 0.1) is 19.3 Å². The van der Waals surface area contributed by atoms with E-state index in [4.69, 9.17) is 0 Å². The summed E-state index contributed by atoms with van der Waals surface area (Å²) in [7, 11) is 0. The van der Waals surface area contributed by atoms with Gasteiger partial charge < -0.3 is 10.1 Å². The number of aryl methyl sites for hydroxylation is 2. The fourth-order valence-corrected chi connectivity index (χ4v) is 3.62. The molecule has 0 radical (unpaired) electrons. The highest BCUT2D eigenvalue weighted by molar-refractivity contribution is 5.77. The molecule has 1 aliphatic rings. The van der Waals surface area contributed by atoms with Gasteiger partial charge in [0.15, 0.2) is 0 Å². The van der Waals surface area contributed by atoms with Gasteiger partial charge in [0.25, 0.3) is 0 Å². The van der Waals surface area contributed by atoms with Crippen LogP contribution in [0.25, 0.3) is 11.0 Å². The molecule has 2 N–H and O–H groups in total. The van der Waals surface area contributed by atoms with Gasteiger partial charge in [0.1, 0.15) is 5.82 Å². The summed E-state index contributed by atoms with van der Waals surface area (Å²) in [5.41, 5.74) is 4.41. The molecule has 1 saturated carbocycles. The van der Waals surface area contributed by atoms with Crippen molar-refractivity contribution >= 4 is 17.0 Å². The number of hydrogen-bond donors (Lipinski definition) is 2. The number of hydrogen-bond acceptors (Lipinski definition) is 2. The van der Waals surface area contributed by atoms with Crippen molar-refractivity contribution in [3.63, 3.8) is 0 Å². The molecule has 0 aliphatic heterocycles. The van der Waals surface area contributed by atoms with Crippen molar-refractivity contribution in [3.05, 3.63) is 29.1 Å². The Kier molecular flexibility index (Phi) is 3.47. The van der Waals surface area contributed by atoms with Crippen LogP contribution in [0.5, 0.6) is 0 Å². The third-order valence-electron chi connectivity index (χ3n) is 4.88. The number of benzene rings is 1. The van der Waals surface area contributed by atoms with Gasteiger partial charge in [-0.3, -0.25) is 4.79 Å². The van der Waals surface area contributed by atoms with Crippen molar-refractivity contribution < 1.29 is 9.90 Å². The molecular formula is C17H22N2O2. The summed E-state index contributed by atoms with van der Waals surface area (Å²) in [5, 5.41) is 9.20. The van der Waals surface area contributed by atoms with Gasteiger partial charge in [-0.05, 0) is 55.4 Å². The zero-order valence-corrected chi connectivity index (χ0v) is 12.7. The number of aliphatic carboxylic acids is 1. The second-order valence-electron chi connectivity index (χ2n) is 6.59. The summed E-state index contributed by atoms with van der Waals surface area (Å²) >= 11 is 0. The first-order valence-electron chi connectivity index (χ1n) is 7.65. The van der Waals surface area contributed by atoms with Crippen LogP contribution < -0.4 is 0 Å². The highest BCUT2D eigenvalue weighted by Crippen LogP contribution is 2.43. The van der Waals surface area contributed by atoms with Crippen molar-refractivity contribution in [3.8, 4) is 0 Å². The maximum atomic E-state index is 11.2. The monoisotopic (exact) mass is 286 g/mol. The molecule has 3 rings (SSSR count). The Hall–Kier alpha value is -1.84. The average Bonchev–Trinajstić information content (AvgIpc) is 2.96. The number of carboxylic acid groups (broad SMARTS) is 1. The Morgan fingerprint density at radius 3 is 2.62 bits per heavy atom. The molecule has 1 fully saturated rings. The molecule has 4 heteroatoms. The molecule has 112 valence electrons. The minimum absolute atomic E-state index is 0.107. The van der Waals surface area contributed by atoms with Crippen LogP contribution in [0.15, 0.2) is 12.1 Å². The van der Waals surface area contributed by atoms with Gasteiger partial charge in [0, 0.05) is 6.42 Å². The number of rotatable bonds is 4. The second kappa shape index (κ2) is 5.17. The quantitative estimate of drug-likeness (QED) is 0.899. The largest absolute Gasteiger partial charge is 0.481 e. The Morgan fingerprint density at radius 2 is 1.95 bits per heavy atom. The van der Waals surface area contributed by atoms with E-state index in [1.54, 1.807) is 0 Å². The number of carbonyl (C=O) groups is 1. The van der Waals surface area contributed by atoms with Crippen molar-refractivity contribution in [1.29, 1.82) is 0 Å². The maximum Gasteiger partial charge on any atom is 0.303 e. The van der Waals surface area contributed by atoms with Gasteiger partial charge in [0.05, 0.1) is 17.5 Å². The molecule has 1 aromatic carbocycles. The topological polar surface area (TPSA) is 66.0 Å². The predicted octanol–water partition coefficient (Wildman–Crippen LogP) is 3.76. The van der Waals surface area contributed by atoms with E-state index in [2.05, 4.69) is 35.9 Å². The van der Waals surface area contributed by atoms with Crippen LogP contribution in [0.3, 0.4) is 0 Å². The Bertz CT molecular complexity index is 642. The number of carboxylic acids is 1. The number of fused-ring (bicyclic) bond motifs is 1. The van der Waals surface area contributed by atoms with Crippen LogP contribution in [-0.4, -0.2) is 21.0 Å². The van der Waals surface area contributed by atoms with Crippen molar-refractivity contribution in [2.45, 2.75) is 52.4 Å². The smallest absolute Gasteiger partial charge is 0.303 e. The third-order valence-corrected chi connectivity index (χ3v) is 4.88. The van der Waals surface area contributed by atoms with Crippen LogP contribution in [0.2, 0.25) is 0 Å². The molecule has 0 spiro atoms. The van der Waals surface area contributed by atoms with Crippen molar-refractivity contribution in [1.82, 2.24) is 9.97 Å². The lowest BCUT2D eigenvalue weighted by atomic mass is 9.79. The van der Waals surface area contributed by atoms with Crippen molar-refractivity contribution in [2.24, 2.45) is 5.41 Å². The molecule has 0 atom stereocenters. The first kappa shape index (κ1) is 14.1. The highest BCUT2D eigenvalue weighted by atomic mass is 16.4. The third kappa shape index (κ3) is 2.80. The average molecular weight is 286 g/mol. The number of H-pyrrole nitrogens is 1. The van der Waals surface area contributed by atoms with E-state index in [-0.39, 0.29) is 11.8 Å². The number of aromatic amines is 1. The molecule has 0 bridgehead atoms. The molecule has 0 saturated heterocycles. The fourth-order valence-electron chi connectivity index (χ4n) is 3.62. The van der Waals surface area contributed by atoms with Gasteiger partial charge in [-0.15, -0.1) is 0 Å². The molecule has 1 aromatic heterocycles. The zero-order chi connectivity index (χ0) is 15.0. The molecule has 1 heterocycles. The van der Waals surface area contributed by atoms with E-state index in [0.717, 1.165) is 49.0 Å². The van der Waals surface area contributed by atoms with Crippen molar-refractivity contribution in [2.75, 3.05) is 0 Å². The summed E-state index contributed by atoms with van der Waals surface area (Å²) in [6, 6.07) is 4.23. The number of imidazole rings is 1. The van der Waals surface area contributed by atoms with Crippen LogP contribution in [0.4, 0.5) is 0 Å². The molecule has 4 nitrogen and oxygen atoms in total. The van der Waals surface area contributed by atoms with Gasteiger partial charge in [-0.1, -0.05) is 12.8 Å². The second-order valence-corrected chi connectivity index (χ2v) is 6.59. The summed E-state index contributed by atoms with van der Waals surface area (Å²) in [6.07, 6.45) is 5.24. The van der Waals surface area contributed by atoms with E-state index < -0.39 is 5.97 Å². The van der Waals surface area contributed by atoms with E-state index >= 15 is 0 Å². The van der Waals surface area contributed by atoms with Gasteiger partial charge >= 0.3 is 5.97 Å². The van der Waals surface area contributed by atoms with Crippen LogP contribution in [0.1, 0.15) is 49.1 Å². The number of aromatic nitrogens is 2. The van der Waals surface area contributed by atoms with Crippen LogP contribution in [-0.2, 0) is 11.2 Å². The van der Waals surface area contributed by atoms with Gasteiger partial charge in [-0.2, -0.15) is 0 Å². The predicted molar refractivity (Wildman–Crippen MR) is 82.4 cm³/mol. The summed E-state index contributed by atoms with van der Waals surface area (Å²) in [4.78, 5) is 19.2. The summed E-state index contributed by atoms with van der Waals surface area (Å²) in [5.74, 6) is 0.234. The highest BCUT2D eigenvalue weighted by Gasteiger charge is 2.37. The first-order chi connectivity index (χ1) is 9.97. The number of nitrogens with one attached hydrogen (secondary N) is 1. The van der Waals surface area contributed by atoms with E-state index in [1.165, 1.54) is 11.1 Å². The molecule has 21 heavy (non-hydrogen) atoms. The zero-order valence-electron chi connectivity index (χ0n) is 12.7. The molecule has 1 aliphatic carbocycles.